The van der Waals surface area contributed by atoms with E-state index in [1.54, 1.807) is 36.1 Å². The lowest BCUT2D eigenvalue weighted by Crippen LogP contribution is -2.34. The number of hydrogen-bond acceptors (Lipinski definition) is 3. The summed E-state index contributed by atoms with van der Waals surface area (Å²) in [7, 11) is 0. The van der Waals surface area contributed by atoms with E-state index in [-0.39, 0.29) is 18.6 Å². The molecule has 1 N–H and O–H groups in total. The fourth-order valence-corrected chi connectivity index (χ4v) is 3.16. The molecule has 0 aliphatic carbocycles. The lowest BCUT2D eigenvalue weighted by atomic mass is 9.90. The van der Waals surface area contributed by atoms with E-state index in [2.05, 4.69) is 0 Å². The Kier molecular flexibility index (Phi) is 4.98. The Hall–Kier alpha value is -2.82. The van der Waals surface area contributed by atoms with Gasteiger partial charge in [0.05, 0.1) is 5.41 Å². The smallest absolute Gasteiger partial charge is 0.311 e. The lowest BCUT2D eigenvalue weighted by Gasteiger charge is -2.20. The summed E-state index contributed by atoms with van der Waals surface area (Å²) in [5, 5.41) is 9.30. The summed E-state index contributed by atoms with van der Waals surface area (Å²) in [4.78, 5) is 25.5. The summed E-state index contributed by atoms with van der Waals surface area (Å²) >= 11 is 0. The molecule has 1 fully saturated rings. The highest BCUT2D eigenvalue weighted by Gasteiger charge is 2.42. The second-order valence-electron chi connectivity index (χ2n) is 7.04. The highest BCUT2D eigenvalue weighted by Crippen LogP contribution is 2.31. The number of carbonyl (C=O) groups excluding carboxylic acids is 1. The van der Waals surface area contributed by atoms with Crippen molar-refractivity contribution >= 4 is 11.9 Å². The Morgan fingerprint density at radius 1 is 1.12 bits per heavy atom. The van der Waals surface area contributed by atoms with Gasteiger partial charge in [-0.25, -0.2) is 0 Å². The van der Waals surface area contributed by atoms with E-state index in [9.17, 15) is 14.7 Å². The van der Waals surface area contributed by atoms with E-state index in [4.69, 9.17) is 4.74 Å². The minimum atomic E-state index is -0.857. The number of rotatable bonds is 5. The quantitative estimate of drug-likeness (QED) is 0.889. The molecule has 5 heteroatoms. The first kappa shape index (κ1) is 18.0. The number of carboxylic acid groups (broad SMARTS) is 1. The van der Waals surface area contributed by atoms with Crippen molar-refractivity contribution in [3.05, 3.63) is 65.7 Å². The molecule has 2 aromatic carbocycles. The molecule has 0 radical (unpaired) electrons. The van der Waals surface area contributed by atoms with Gasteiger partial charge >= 0.3 is 5.97 Å². The van der Waals surface area contributed by atoms with Crippen LogP contribution in [0, 0.1) is 5.41 Å². The largest absolute Gasteiger partial charge is 0.486 e. The van der Waals surface area contributed by atoms with Crippen molar-refractivity contribution in [3.8, 4) is 5.75 Å². The van der Waals surface area contributed by atoms with Gasteiger partial charge in [-0.2, -0.15) is 0 Å². The van der Waals surface area contributed by atoms with Crippen LogP contribution in [0.4, 0.5) is 0 Å². The van der Waals surface area contributed by atoms with Crippen LogP contribution in [0.5, 0.6) is 5.75 Å². The van der Waals surface area contributed by atoms with E-state index in [1.165, 1.54) is 0 Å². The number of carboxylic acids is 1. The van der Waals surface area contributed by atoms with Crippen molar-refractivity contribution in [1.29, 1.82) is 0 Å². The van der Waals surface area contributed by atoms with Crippen LogP contribution < -0.4 is 4.74 Å². The monoisotopic (exact) mass is 353 g/mol. The Morgan fingerprint density at radius 3 is 2.35 bits per heavy atom. The Bertz CT molecular complexity index is 787. The maximum atomic E-state index is 12.6. The molecule has 5 nitrogen and oxygen atoms in total. The SMILES string of the molecule is CC(Oc1ccc(C(=O)N2CCC(C)(C(=O)O)C2)cc1)c1ccccc1. The van der Waals surface area contributed by atoms with Gasteiger partial charge < -0.3 is 14.7 Å². The van der Waals surface area contributed by atoms with Crippen LogP contribution in [-0.2, 0) is 4.79 Å². The van der Waals surface area contributed by atoms with E-state index < -0.39 is 11.4 Å². The second-order valence-corrected chi connectivity index (χ2v) is 7.04. The first-order valence-corrected chi connectivity index (χ1v) is 8.73. The topological polar surface area (TPSA) is 66.8 Å². The molecule has 2 aromatic rings. The van der Waals surface area contributed by atoms with E-state index in [0.717, 1.165) is 5.56 Å². The summed E-state index contributed by atoms with van der Waals surface area (Å²) in [5.41, 5.74) is 0.765. The van der Waals surface area contributed by atoms with Gasteiger partial charge in [0, 0.05) is 18.7 Å². The fourth-order valence-electron chi connectivity index (χ4n) is 3.16. The molecule has 0 spiro atoms. The molecule has 26 heavy (non-hydrogen) atoms. The maximum absolute atomic E-state index is 12.6. The predicted octanol–water partition coefficient (Wildman–Crippen LogP) is 3.76. The molecule has 2 unspecified atom stereocenters. The normalized spacial score (nSPS) is 20.6. The standard InChI is InChI=1S/C21H23NO4/c1-15(16-6-4-3-5-7-16)26-18-10-8-17(9-11-18)19(23)22-13-12-21(2,14-22)20(24)25/h3-11,15H,12-14H2,1-2H3,(H,24,25). The van der Waals surface area contributed by atoms with Gasteiger partial charge in [0.15, 0.2) is 0 Å². The van der Waals surface area contributed by atoms with Crippen LogP contribution in [0.1, 0.15) is 42.3 Å². The zero-order chi connectivity index (χ0) is 18.7. The van der Waals surface area contributed by atoms with Crippen molar-refractivity contribution in [1.82, 2.24) is 4.90 Å². The number of hydrogen-bond donors (Lipinski definition) is 1. The van der Waals surface area contributed by atoms with Crippen LogP contribution in [0.2, 0.25) is 0 Å². The summed E-state index contributed by atoms with van der Waals surface area (Å²) in [6.45, 7) is 4.37. The van der Waals surface area contributed by atoms with Crippen LogP contribution in [-0.4, -0.2) is 35.0 Å². The second kappa shape index (κ2) is 7.20. The number of carbonyl (C=O) groups is 2. The lowest BCUT2D eigenvalue weighted by molar-refractivity contribution is -0.147. The van der Waals surface area contributed by atoms with Gasteiger partial charge in [-0.1, -0.05) is 30.3 Å². The third-order valence-electron chi connectivity index (χ3n) is 4.96. The molecular weight excluding hydrogens is 330 g/mol. The zero-order valence-electron chi connectivity index (χ0n) is 15.0. The first-order valence-electron chi connectivity index (χ1n) is 8.73. The van der Waals surface area contributed by atoms with Crippen molar-refractivity contribution in [3.63, 3.8) is 0 Å². The molecule has 1 amide bonds. The van der Waals surface area contributed by atoms with Gasteiger partial charge in [-0.05, 0) is 50.1 Å². The van der Waals surface area contributed by atoms with Gasteiger partial charge in [-0.3, -0.25) is 9.59 Å². The zero-order valence-corrected chi connectivity index (χ0v) is 15.0. The average Bonchev–Trinajstić information content (AvgIpc) is 3.06. The van der Waals surface area contributed by atoms with E-state index in [0.29, 0.717) is 24.3 Å². The van der Waals surface area contributed by atoms with Gasteiger partial charge in [0.25, 0.3) is 5.91 Å². The molecule has 0 aromatic heterocycles. The van der Waals surface area contributed by atoms with Crippen molar-refractivity contribution in [2.24, 2.45) is 5.41 Å². The van der Waals surface area contributed by atoms with Crippen molar-refractivity contribution in [2.75, 3.05) is 13.1 Å². The molecule has 3 rings (SSSR count). The highest BCUT2D eigenvalue weighted by molar-refractivity contribution is 5.95. The summed E-state index contributed by atoms with van der Waals surface area (Å²) in [6.07, 6.45) is 0.386. The minimum absolute atomic E-state index is 0.0902. The van der Waals surface area contributed by atoms with Crippen LogP contribution >= 0.6 is 0 Å². The van der Waals surface area contributed by atoms with Crippen LogP contribution in [0.3, 0.4) is 0 Å². The number of amides is 1. The number of nitrogens with zero attached hydrogens (tertiary/aromatic N) is 1. The summed E-state index contributed by atoms with van der Waals surface area (Å²) in [5.74, 6) is -0.307. The molecule has 1 aliphatic heterocycles. The molecule has 0 bridgehead atoms. The highest BCUT2D eigenvalue weighted by atomic mass is 16.5. The molecule has 0 saturated carbocycles. The molecule has 1 saturated heterocycles. The molecule has 1 heterocycles. The van der Waals surface area contributed by atoms with Gasteiger partial charge in [0.2, 0.25) is 0 Å². The van der Waals surface area contributed by atoms with Gasteiger partial charge in [-0.15, -0.1) is 0 Å². The first-order chi connectivity index (χ1) is 12.4. The average molecular weight is 353 g/mol. The number of aliphatic carboxylic acids is 1. The van der Waals surface area contributed by atoms with Crippen LogP contribution in [0.15, 0.2) is 54.6 Å². The minimum Gasteiger partial charge on any atom is -0.486 e. The van der Waals surface area contributed by atoms with E-state index in [1.807, 2.05) is 37.3 Å². The molecule has 136 valence electrons. The third-order valence-corrected chi connectivity index (χ3v) is 4.96. The molecular formula is C21H23NO4. The Morgan fingerprint density at radius 2 is 1.77 bits per heavy atom. The van der Waals surface area contributed by atoms with E-state index >= 15 is 0 Å². The summed E-state index contributed by atoms with van der Waals surface area (Å²) in [6, 6.07) is 16.9. The predicted molar refractivity (Wildman–Crippen MR) is 98.2 cm³/mol. The molecule has 1 aliphatic rings. The van der Waals surface area contributed by atoms with Gasteiger partial charge in [0.1, 0.15) is 11.9 Å². The van der Waals surface area contributed by atoms with Crippen molar-refractivity contribution in [2.45, 2.75) is 26.4 Å². The fraction of sp³-hybridized carbons (Fsp3) is 0.333. The van der Waals surface area contributed by atoms with Crippen LogP contribution in [0.25, 0.3) is 0 Å². The van der Waals surface area contributed by atoms with Crippen molar-refractivity contribution < 1.29 is 19.4 Å². The number of likely N-dealkylation sites (tertiary alicyclic amines) is 1. The Balaban J connectivity index is 1.64. The maximum Gasteiger partial charge on any atom is 0.311 e. The number of benzene rings is 2. The third kappa shape index (κ3) is 3.72. The number of ether oxygens (including phenoxy) is 1. The Labute approximate surface area is 153 Å². The summed E-state index contributed by atoms with van der Waals surface area (Å²) < 4.78 is 5.92. The molecule has 2 atom stereocenters.